The lowest BCUT2D eigenvalue weighted by molar-refractivity contribution is 0.306. The molecule has 0 aliphatic carbocycles. The third-order valence-electron chi connectivity index (χ3n) is 3.60. The monoisotopic (exact) mass is 272 g/mol. The minimum atomic E-state index is -0.272. The van der Waals surface area contributed by atoms with Crippen LogP contribution < -0.4 is 10.5 Å². The van der Waals surface area contributed by atoms with Crippen molar-refractivity contribution >= 4 is 11.6 Å². The van der Waals surface area contributed by atoms with Crippen LogP contribution in [0, 0.1) is 11.7 Å². The SMILES string of the molecule is COc1cc(F)c(C2CC(CN)CN2C)cc1Cl. The third kappa shape index (κ3) is 2.46. The normalized spacial score (nSPS) is 24.5. The van der Waals surface area contributed by atoms with E-state index in [2.05, 4.69) is 4.90 Å². The number of methoxy groups -OCH3 is 1. The Morgan fingerprint density at radius 2 is 2.28 bits per heavy atom. The highest BCUT2D eigenvalue weighted by molar-refractivity contribution is 6.32. The molecule has 1 aliphatic heterocycles. The summed E-state index contributed by atoms with van der Waals surface area (Å²) in [6.45, 7) is 1.52. The fourth-order valence-electron chi connectivity index (χ4n) is 2.60. The van der Waals surface area contributed by atoms with Gasteiger partial charge >= 0.3 is 0 Å². The van der Waals surface area contributed by atoms with Crippen LogP contribution in [0.3, 0.4) is 0 Å². The van der Waals surface area contributed by atoms with Gasteiger partial charge in [-0.1, -0.05) is 11.6 Å². The summed E-state index contributed by atoms with van der Waals surface area (Å²) in [5.41, 5.74) is 6.31. The first-order valence-electron chi connectivity index (χ1n) is 6.00. The van der Waals surface area contributed by atoms with E-state index in [9.17, 15) is 4.39 Å². The zero-order chi connectivity index (χ0) is 13.3. The van der Waals surface area contributed by atoms with Gasteiger partial charge in [0.25, 0.3) is 0 Å². The molecule has 1 saturated heterocycles. The number of benzene rings is 1. The van der Waals surface area contributed by atoms with Crippen LogP contribution >= 0.6 is 11.6 Å². The molecular formula is C13H18ClFN2O. The summed E-state index contributed by atoms with van der Waals surface area (Å²) in [4.78, 5) is 2.12. The predicted molar refractivity (Wildman–Crippen MR) is 70.5 cm³/mol. The van der Waals surface area contributed by atoms with Crippen molar-refractivity contribution in [1.82, 2.24) is 4.90 Å². The first-order valence-corrected chi connectivity index (χ1v) is 6.37. The molecule has 3 nitrogen and oxygen atoms in total. The molecule has 2 N–H and O–H groups in total. The Labute approximate surface area is 112 Å². The van der Waals surface area contributed by atoms with Crippen molar-refractivity contribution < 1.29 is 9.13 Å². The number of hydrogen-bond acceptors (Lipinski definition) is 3. The Morgan fingerprint density at radius 3 is 2.83 bits per heavy atom. The lowest BCUT2D eigenvalue weighted by atomic mass is 9.99. The molecule has 5 heteroatoms. The molecule has 2 unspecified atom stereocenters. The van der Waals surface area contributed by atoms with E-state index < -0.39 is 0 Å². The van der Waals surface area contributed by atoms with Crippen molar-refractivity contribution in [2.45, 2.75) is 12.5 Å². The Bertz CT molecular complexity index is 441. The lowest BCUT2D eigenvalue weighted by Gasteiger charge is -2.21. The Balaban J connectivity index is 2.31. The van der Waals surface area contributed by atoms with Crippen LogP contribution in [-0.2, 0) is 0 Å². The van der Waals surface area contributed by atoms with E-state index in [0.717, 1.165) is 13.0 Å². The van der Waals surface area contributed by atoms with Gasteiger partial charge in [-0.25, -0.2) is 4.39 Å². The van der Waals surface area contributed by atoms with Crippen LogP contribution in [0.4, 0.5) is 4.39 Å². The van der Waals surface area contributed by atoms with Gasteiger partial charge in [0.15, 0.2) is 0 Å². The van der Waals surface area contributed by atoms with Crippen LogP contribution in [0.2, 0.25) is 5.02 Å². The number of nitrogens with two attached hydrogens (primary N) is 1. The minimum absolute atomic E-state index is 0.0435. The van der Waals surface area contributed by atoms with Crippen molar-refractivity contribution in [3.8, 4) is 5.75 Å². The second-order valence-electron chi connectivity index (χ2n) is 4.80. The molecule has 1 aliphatic rings. The molecule has 0 aromatic heterocycles. The number of rotatable bonds is 3. The van der Waals surface area contributed by atoms with Crippen LogP contribution in [0.5, 0.6) is 5.75 Å². The molecule has 0 saturated carbocycles. The first-order chi connectivity index (χ1) is 8.56. The maximum absolute atomic E-state index is 14.1. The Kier molecular flexibility index (Phi) is 4.10. The zero-order valence-electron chi connectivity index (χ0n) is 10.6. The summed E-state index contributed by atoms with van der Waals surface area (Å²) in [5.74, 6) is 0.514. The molecular weight excluding hydrogens is 255 g/mol. The molecule has 0 spiro atoms. The molecule has 0 amide bonds. The number of ether oxygens (including phenoxy) is 1. The number of likely N-dealkylation sites (tertiary alicyclic amines) is 1. The zero-order valence-corrected chi connectivity index (χ0v) is 11.4. The maximum atomic E-state index is 14.1. The quantitative estimate of drug-likeness (QED) is 0.919. The average Bonchev–Trinajstić information content (AvgIpc) is 2.73. The van der Waals surface area contributed by atoms with Crippen molar-refractivity contribution in [2.24, 2.45) is 11.7 Å². The number of halogens is 2. The van der Waals surface area contributed by atoms with Gasteiger partial charge in [0.1, 0.15) is 11.6 Å². The van der Waals surface area contributed by atoms with Crippen LogP contribution in [0.1, 0.15) is 18.0 Å². The van der Waals surface area contributed by atoms with Gasteiger partial charge < -0.3 is 10.5 Å². The molecule has 1 fully saturated rings. The van der Waals surface area contributed by atoms with E-state index in [0.29, 0.717) is 28.8 Å². The van der Waals surface area contributed by atoms with Crippen molar-refractivity contribution in [3.63, 3.8) is 0 Å². The molecule has 0 radical (unpaired) electrons. The summed E-state index contributed by atoms with van der Waals surface area (Å²) in [5, 5.41) is 0.443. The van der Waals surface area contributed by atoms with E-state index in [1.165, 1.54) is 13.2 Å². The van der Waals surface area contributed by atoms with Crippen molar-refractivity contribution in [2.75, 3.05) is 27.2 Å². The second-order valence-corrected chi connectivity index (χ2v) is 5.21. The Morgan fingerprint density at radius 1 is 1.56 bits per heavy atom. The molecule has 1 aromatic carbocycles. The van der Waals surface area contributed by atoms with Gasteiger partial charge in [0, 0.05) is 24.2 Å². The van der Waals surface area contributed by atoms with Crippen LogP contribution in [0.25, 0.3) is 0 Å². The van der Waals surface area contributed by atoms with E-state index in [1.54, 1.807) is 6.07 Å². The van der Waals surface area contributed by atoms with Gasteiger partial charge in [-0.05, 0) is 32.0 Å². The minimum Gasteiger partial charge on any atom is -0.495 e. The predicted octanol–water partition coefficient (Wildman–Crippen LogP) is 2.44. The molecule has 1 heterocycles. The molecule has 2 atom stereocenters. The van der Waals surface area contributed by atoms with E-state index >= 15 is 0 Å². The highest BCUT2D eigenvalue weighted by Crippen LogP contribution is 2.38. The third-order valence-corrected chi connectivity index (χ3v) is 3.89. The summed E-state index contributed by atoms with van der Waals surface area (Å²) >= 11 is 6.06. The molecule has 100 valence electrons. The Hall–Kier alpha value is -0.840. The van der Waals surface area contributed by atoms with E-state index in [-0.39, 0.29) is 11.9 Å². The van der Waals surface area contributed by atoms with Crippen LogP contribution in [0.15, 0.2) is 12.1 Å². The second kappa shape index (κ2) is 5.43. The lowest BCUT2D eigenvalue weighted by Crippen LogP contribution is -2.21. The highest BCUT2D eigenvalue weighted by atomic mass is 35.5. The summed E-state index contributed by atoms with van der Waals surface area (Å²) in [6, 6.07) is 3.05. The summed E-state index contributed by atoms with van der Waals surface area (Å²) in [6.07, 6.45) is 0.868. The molecule has 0 bridgehead atoms. The topological polar surface area (TPSA) is 38.5 Å². The smallest absolute Gasteiger partial charge is 0.140 e. The van der Waals surface area contributed by atoms with Gasteiger partial charge in [0.05, 0.1) is 12.1 Å². The fraction of sp³-hybridized carbons (Fsp3) is 0.538. The van der Waals surface area contributed by atoms with Crippen molar-refractivity contribution in [1.29, 1.82) is 0 Å². The van der Waals surface area contributed by atoms with Gasteiger partial charge in [-0.15, -0.1) is 0 Å². The van der Waals surface area contributed by atoms with Gasteiger partial charge in [0.2, 0.25) is 0 Å². The number of nitrogens with zero attached hydrogens (tertiary/aromatic N) is 1. The highest BCUT2D eigenvalue weighted by Gasteiger charge is 2.31. The van der Waals surface area contributed by atoms with Gasteiger partial charge in [-0.3, -0.25) is 4.90 Å². The molecule has 1 aromatic rings. The first kappa shape index (κ1) is 13.6. The average molecular weight is 273 g/mol. The summed E-state index contributed by atoms with van der Waals surface area (Å²) < 4.78 is 19.1. The fourth-order valence-corrected chi connectivity index (χ4v) is 2.84. The largest absolute Gasteiger partial charge is 0.495 e. The van der Waals surface area contributed by atoms with E-state index in [1.807, 2.05) is 7.05 Å². The molecule has 2 rings (SSSR count). The standard InChI is InChI=1S/C13H18ClFN2O/c1-17-7-8(6-16)3-12(17)9-4-10(14)13(18-2)5-11(9)15/h4-5,8,12H,3,6-7,16H2,1-2H3. The maximum Gasteiger partial charge on any atom is 0.140 e. The van der Waals surface area contributed by atoms with Crippen molar-refractivity contribution in [3.05, 3.63) is 28.5 Å². The van der Waals surface area contributed by atoms with Gasteiger partial charge in [-0.2, -0.15) is 0 Å². The van der Waals surface area contributed by atoms with Crippen LogP contribution in [-0.4, -0.2) is 32.1 Å². The molecule has 18 heavy (non-hydrogen) atoms. The summed E-state index contributed by atoms with van der Waals surface area (Å²) in [7, 11) is 3.46. The number of hydrogen-bond donors (Lipinski definition) is 1. The van der Waals surface area contributed by atoms with E-state index in [4.69, 9.17) is 22.1 Å².